The lowest BCUT2D eigenvalue weighted by molar-refractivity contribution is -0.141. The van der Waals surface area contributed by atoms with Gasteiger partial charge in [0.15, 0.2) is 0 Å². The summed E-state index contributed by atoms with van der Waals surface area (Å²) in [5.74, 6) is -1.74. The van der Waals surface area contributed by atoms with E-state index >= 15 is 0 Å². The molecule has 0 aliphatic rings. The van der Waals surface area contributed by atoms with Gasteiger partial charge in [0.2, 0.25) is 10.0 Å². The second-order valence-electron chi connectivity index (χ2n) is 4.28. The average Bonchev–Trinajstić information content (AvgIpc) is 2.28. The van der Waals surface area contributed by atoms with Crippen LogP contribution < -0.4 is 0 Å². The van der Waals surface area contributed by atoms with Crippen LogP contribution in [0.25, 0.3) is 0 Å². The summed E-state index contributed by atoms with van der Waals surface area (Å²) in [7, 11) is -3.42. The van der Waals surface area contributed by atoms with Gasteiger partial charge in [0.1, 0.15) is 0 Å². The molecule has 0 saturated carbocycles. The molecule has 1 aromatic carbocycles. The molecule has 0 aliphatic heterocycles. The van der Waals surface area contributed by atoms with Crippen LogP contribution >= 0.6 is 0 Å². The molecule has 0 saturated heterocycles. The zero-order chi connectivity index (χ0) is 13.8. The molecule has 1 rings (SSSR count). The third-order valence-corrected chi connectivity index (χ3v) is 3.79. The lowest BCUT2D eigenvalue weighted by Crippen LogP contribution is -2.35. The van der Waals surface area contributed by atoms with Crippen molar-refractivity contribution in [2.45, 2.75) is 13.5 Å². The third kappa shape index (κ3) is 4.46. The molecular formula is C12H17NO4S. The Bertz CT molecular complexity index is 498. The largest absolute Gasteiger partial charge is 0.481 e. The Morgan fingerprint density at radius 2 is 1.89 bits per heavy atom. The monoisotopic (exact) mass is 271 g/mol. The molecule has 18 heavy (non-hydrogen) atoms. The van der Waals surface area contributed by atoms with Crippen molar-refractivity contribution in [3.63, 3.8) is 0 Å². The van der Waals surface area contributed by atoms with Crippen LogP contribution in [0.4, 0.5) is 0 Å². The van der Waals surface area contributed by atoms with Crippen LogP contribution in [0.3, 0.4) is 0 Å². The van der Waals surface area contributed by atoms with Crippen molar-refractivity contribution >= 4 is 16.0 Å². The molecule has 0 amide bonds. The highest BCUT2D eigenvalue weighted by Gasteiger charge is 2.22. The number of aliphatic carboxylic acids is 1. The first-order valence-corrected chi connectivity index (χ1v) is 7.37. The van der Waals surface area contributed by atoms with Gasteiger partial charge in [0.25, 0.3) is 0 Å². The predicted molar refractivity (Wildman–Crippen MR) is 68.5 cm³/mol. The van der Waals surface area contributed by atoms with E-state index in [9.17, 15) is 13.2 Å². The predicted octanol–water partition coefficient (Wildman–Crippen LogP) is 1.17. The summed E-state index contributed by atoms with van der Waals surface area (Å²) in [6, 6.07) is 9.09. The first-order chi connectivity index (χ1) is 8.30. The van der Waals surface area contributed by atoms with Gasteiger partial charge >= 0.3 is 5.97 Å². The molecule has 0 spiro atoms. The molecule has 1 unspecified atom stereocenters. The Morgan fingerprint density at radius 3 is 2.33 bits per heavy atom. The number of carbonyl (C=O) groups is 1. The van der Waals surface area contributed by atoms with Crippen LogP contribution in [0.5, 0.6) is 0 Å². The molecule has 0 aliphatic carbocycles. The molecule has 0 fully saturated rings. The molecule has 0 radical (unpaired) electrons. The molecular weight excluding hydrogens is 254 g/mol. The Labute approximate surface area is 107 Å². The summed E-state index contributed by atoms with van der Waals surface area (Å²) >= 11 is 0. The van der Waals surface area contributed by atoms with E-state index in [1.54, 1.807) is 0 Å². The van der Waals surface area contributed by atoms with Crippen molar-refractivity contribution < 1.29 is 18.3 Å². The van der Waals surface area contributed by atoms with Crippen molar-refractivity contribution in [3.05, 3.63) is 35.9 Å². The van der Waals surface area contributed by atoms with E-state index in [1.807, 2.05) is 30.3 Å². The molecule has 6 heteroatoms. The maximum Gasteiger partial charge on any atom is 0.307 e. The number of hydrogen-bond acceptors (Lipinski definition) is 3. The third-order valence-electron chi connectivity index (χ3n) is 2.57. The highest BCUT2D eigenvalue weighted by Crippen LogP contribution is 2.11. The van der Waals surface area contributed by atoms with E-state index in [1.165, 1.54) is 11.2 Å². The van der Waals surface area contributed by atoms with Crippen LogP contribution in [0.15, 0.2) is 30.3 Å². The van der Waals surface area contributed by atoms with Gasteiger partial charge in [-0.25, -0.2) is 8.42 Å². The van der Waals surface area contributed by atoms with Crippen molar-refractivity contribution in [1.29, 1.82) is 0 Å². The minimum atomic E-state index is -3.42. The fourth-order valence-electron chi connectivity index (χ4n) is 1.49. The molecule has 5 nitrogen and oxygen atoms in total. The maximum absolute atomic E-state index is 11.6. The summed E-state index contributed by atoms with van der Waals surface area (Å²) in [6.07, 6.45) is 1.09. The summed E-state index contributed by atoms with van der Waals surface area (Å²) in [5.41, 5.74) is 0.834. The molecule has 0 aromatic heterocycles. The standard InChI is InChI=1S/C12H17NO4S/c1-10(12(14)15)8-13(18(2,16)17)9-11-6-4-3-5-7-11/h3-7,10H,8-9H2,1-2H3,(H,14,15). The number of benzene rings is 1. The Morgan fingerprint density at radius 1 is 1.33 bits per heavy atom. The second kappa shape index (κ2) is 5.97. The number of sulfonamides is 1. The fourth-order valence-corrected chi connectivity index (χ4v) is 2.37. The molecule has 100 valence electrons. The Kier molecular flexibility index (Phi) is 4.86. The van der Waals surface area contributed by atoms with Gasteiger partial charge in [-0.1, -0.05) is 37.3 Å². The Balaban J connectivity index is 2.84. The smallest absolute Gasteiger partial charge is 0.307 e. The number of carboxylic acids is 1. The van der Waals surface area contributed by atoms with E-state index in [0.717, 1.165) is 11.8 Å². The van der Waals surface area contributed by atoms with Gasteiger partial charge in [-0.2, -0.15) is 4.31 Å². The molecule has 1 atom stereocenters. The van der Waals surface area contributed by atoms with Crippen molar-refractivity contribution in [3.8, 4) is 0 Å². The second-order valence-corrected chi connectivity index (χ2v) is 6.26. The SMILES string of the molecule is CC(CN(Cc1ccccc1)S(C)(=O)=O)C(=O)O. The summed E-state index contributed by atoms with van der Waals surface area (Å²) in [6.45, 7) is 1.66. The highest BCUT2D eigenvalue weighted by molar-refractivity contribution is 7.88. The molecule has 1 aromatic rings. The summed E-state index contributed by atoms with van der Waals surface area (Å²) in [5, 5.41) is 8.84. The normalized spacial score (nSPS) is 13.5. The van der Waals surface area contributed by atoms with E-state index in [0.29, 0.717) is 0 Å². The van der Waals surface area contributed by atoms with Gasteiger partial charge < -0.3 is 5.11 Å². The van der Waals surface area contributed by atoms with E-state index in [-0.39, 0.29) is 13.1 Å². The lowest BCUT2D eigenvalue weighted by atomic mass is 10.1. The minimum absolute atomic E-state index is 0.0247. The first kappa shape index (κ1) is 14.7. The van der Waals surface area contributed by atoms with E-state index < -0.39 is 21.9 Å². The van der Waals surface area contributed by atoms with Gasteiger partial charge in [-0.05, 0) is 5.56 Å². The van der Waals surface area contributed by atoms with Crippen molar-refractivity contribution in [2.24, 2.45) is 5.92 Å². The van der Waals surface area contributed by atoms with E-state index in [2.05, 4.69) is 0 Å². The van der Waals surface area contributed by atoms with Crippen LogP contribution in [0.1, 0.15) is 12.5 Å². The van der Waals surface area contributed by atoms with Crippen molar-refractivity contribution in [2.75, 3.05) is 12.8 Å². The van der Waals surface area contributed by atoms with Crippen LogP contribution in [0.2, 0.25) is 0 Å². The van der Waals surface area contributed by atoms with Gasteiger partial charge in [-0.3, -0.25) is 4.79 Å². The highest BCUT2D eigenvalue weighted by atomic mass is 32.2. The Hall–Kier alpha value is -1.40. The van der Waals surface area contributed by atoms with Crippen LogP contribution in [-0.4, -0.2) is 36.6 Å². The zero-order valence-electron chi connectivity index (χ0n) is 10.4. The summed E-state index contributed by atoms with van der Waals surface area (Å²) < 4.78 is 24.4. The molecule has 0 heterocycles. The van der Waals surface area contributed by atoms with E-state index in [4.69, 9.17) is 5.11 Å². The molecule has 0 bridgehead atoms. The number of rotatable bonds is 6. The topological polar surface area (TPSA) is 74.7 Å². The number of carboxylic acid groups (broad SMARTS) is 1. The van der Waals surface area contributed by atoms with Gasteiger partial charge in [0.05, 0.1) is 12.2 Å². The van der Waals surface area contributed by atoms with Crippen LogP contribution in [-0.2, 0) is 21.4 Å². The van der Waals surface area contributed by atoms with Gasteiger partial charge in [-0.15, -0.1) is 0 Å². The van der Waals surface area contributed by atoms with Gasteiger partial charge in [0, 0.05) is 13.1 Å². The zero-order valence-corrected chi connectivity index (χ0v) is 11.2. The van der Waals surface area contributed by atoms with Crippen molar-refractivity contribution in [1.82, 2.24) is 4.31 Å². The number of hydrogen-bond donors (Lipinski definition) is 1. The first-order valence-electron chi connectivity index (χ1n) is 5.52. The minimum Gasteiger partial charge on any atom is -0.481 e. The quantitative estimate of drug-likeness (QED) is 0.842. The number of nitrogens with zero attached hydrogens (tertiary/aromatic N) is 1. The maximum atomic E-state index is 11.6. The average molecular weight is 271 g/mol. The lowest BCUT2D eigenvalue weighted by Gasteiger charge is -2.21. The summed E-state index contributed by atoms with van der Waals surface area (Å²) in [4.78, 5) is 10.8. The fraction of sp³-hybridized carbons (Fsp3) is 0.417. The van der Waals surface area contributed by atoms with Crippen LogP contribution in [0, 0.1) is 5.92 Å². The molecule has 1 N–H and O–H groups in total.